The first-order chi connectivity index (χ1) is 16.2. The number of hydrogen-bond donors (Lipinski definition) is 2. The Morgan fingerprint density at radius 3 is 2.53 bits per heavy atom. The summed E-state index contributed by atoms with van der Waals surface area (Å²) in [4.78, 5) is 4.96. The summed E-state index contributed by atoms with van der Waals surface area (Å²) in [5.74, 6) is 1.14. The van der Waals surface area contributed by atoms with E-state index in [4.69, 9.17) is 9.73 Å². The number of halogens is 1. The monoisotopic (exact) mass is 467 g/mol. The molecule has 1 aromatic carbocycles. The third-order valence-corrected chi connectivity index (χ3v) is 6.88. The smallest absolute Gasteiger partial charge is 0.136 e. The highest BCUT2D eigenvalue weighted by Crippen LogP contribution is 2.37. The Kier molecular flexibility index (Phi) is 9.12. The van der Waals surface area contributed by atoms with Crippen LogP contribution in [0.15, 0.2) is 57.9 Å². The molecule has 2 aliphatic rings. The Morgan fingerprint density at radius 2 is 1.97 bits per heavy atom. The molecule has 5 heteroatoms. The summed E-state index contributed by atoms with van der Waals surface area (Å²) in [5, 5.41) is 6.96. The van der Waals surface area contributed by atoms with E-state index in [0.29, 0.717) is 5.92 Å². The van der Waals surface area contributed by atoms with Crippen LogP contribution in [0, 0.1) is 18.8 Å². The van der Waals surface area contributed by atoms with E-state index in [0.717, 1.165) is 16.9 Å². The maximum Gasteiger partial charge on any atom is 0.136 e. The molecule has 0 radical (unpaired) electrons. The molecule has 1 aliphatic heterocycles. The predicted octanol–water partition coefficient (Wildman–Crippen LogP) is 6.60. The minimum Gasteiger partial charge on any atom is -0.490 e. The number of allylic oxidation sites excluding steroid dienone is 2. The van der Waals surface area contributed by atoms with Crippen LogP contribution < -0.4 is 15.4 Å². The van der Waals surface area contributed by atoms with Crippen molar-refractivity contribution in [3.63, 3.8) is 0 Å². The summed E-state index contributed by atoms with van der Waals surface area (Å²) in [7, 11) is 1.99. The Balaban J connectivity index is 1.83. The van der Waals surface area contributed by atoms with Crippen molar-refractivity contribution in [2.24, 2.45) is 16.8 Å². The van der Waals surface area contributed by atoms with Gasteiger partial charge in [0.15, 0.2) is 0 Å². The summed E-state index contributed by atoms with van der Waals surface area (Å²) in [6.45, 7) is 12.5. The molecule has 3 rings (SSSR count). The van der Waals surface area contributed by atoms with Crippen molar-refractivity contribution < 1.29 is 9.13 Å². The molecular weight excluding hydrogens is 425 g/mol. The van der Waals surface area contributed by atoms with Crippen molar-refractivity contribution in [2.45, 2.75) is 79.1 Å². The SMILES string of the molecule is CNC1C=CNC(C(=C2CCC2)C(C)C)=C1C=NC(C)c1ccc(OCC(F)C(C)C)c(C)c1. The van der Waals surface area contributed by atoms with Crippen molar-refractivity contribution in [3.8, 4) is 5.75 Å². The number of likely N-dealkylation sites (N-methyl/N-ethyl adjacent to an activating group) is 1. The van der Waals surface area contributed by atoms with Crippen LogP contribution in [-0.2, 0) is 0 Å². The summed E-state index contributed by atoms with van der Waals surface area (Å²) in [6, 6.07) is 6.18. The van der Waals surface area contributed by atoms with Gasteiger partial charge in [-0.25, -0.2) is 4.39 Å². The second kappa shape index (κ2) is 11.8. The molecule has 0 spiro atoms. The van der Waals surface area contributed by atoms with E-state index in [-0.39, 0.29) is 24.6 Å². The molecule has 186 valence electrons. The van der Waals surface area contributed by atoms with Gasteiger partial charge in [-0.1, -0.05) is 45.4 Å². The van der Waals surface area contributed by atoms with Crippen molar-refractivity contribution in [1.82, 2.24) is 10.6 Å². The van der Waals surface area contributed by atoms with Gasteiger partial charge in [-0.15, -0.1) is 0 Å². The number of alkyl halides is 1. The second-order valence-electron chi connectivity index (χ2n) is 10.2. The molecule has 0 aromatic heterocycles. The molecular formula is C29H42FN3O. The highest BCUT2D eigenvalue weighted by atomic mass is 19.1. The number of hydrogen-bond acceptors (Lipinski definition) is 4. The van der Waals surface area contributed by atoms with Crippen LogP contribution in [0.2, 0.25) is 0 Å². The van der Waals surface area contributed by atoms with Gasteiger partial charge in [0.1, 0.15) is 18.5 Å². The first-order valence-electron chi connectivity index (χ1n) is 12.7. The number of dihydropyridines is 1. The predicted molar refractivity (Wildman–Crippen MR) is 141 cm³/mol. The second-order valence-corrected chi connectivity index (χ2v) is 10.2. The quantitative estimate of drug-likeness (QED) is 0.381. The fourth-order valence-corrected chi connectivity index (χ4v) is 4.43. The third kappa shape index (κ3) is 6.18. The van der Waals surface area contributed by atoms with E-state index in [2.05, 4.69) is 43.5 Å². The molecule has 1 aromatic rings. The number of nitrogens with one attached hydrogen (secondary N) is 2. The van der Waals surface area contributed by atoms with E-state index in [1.165, 1.54) is 36.1 Å². The fourth-order valence-electron chi connectivity index (χ4n) is 4.43. The van der Waals surface area contributed by atoms with Crippen LogP contribution in [0.3, 0.4) is 0 Å². The van der Waals surface area contributed by atoms with Crippen LogP contribution in [0.4, 0.5) is 4.39 Å². The Morgan fingerprint density at radius 1 is 1.24 bits per heavy atom. The molecule has 3 unspecified atom stereocenters. The molecule has 1 saturated carbocycles. The molecule has 0 bridgehead atoms. The average Bonchev–Trinajstić information content (AvgIpc) is 2.78. The largest absolute Gasteiger partial charge is 0.490 e. The maximum atomic E-state index is 13.9. The molecule has 2 N–H and O–H groups in total. The van der Waals surface area contributed by atoms with Crippen LogP contribution in [0.25, 0.3) is 0 Å². The fraction of sp³-hybridized carbons (Fsp3) is 0.552. The van der Waals surface area contributed by atoms with Crippen molar-refractivity contribution >= 4 is 6.21 Å². The van der Waals surface area contributed by atoms with E-state index < -0.39 is 6.17 Å². The molecule has 0 amide bonds. The lowest BCUT2D eigenvalue weighted by Gasteiger charge is -2.31. The molecule has 1 aliphatic carbocycles. The lowest BCUT2D eigenvalue weighted by atomic mass is 9.80. The summed E-state index contributed by atoms with van der Waals surface area (Å²) < 4.78 is 19.7. The number of rotatable bonds is 10. The van der Waals surface area contributed by atoms with E-state index in [1.807, 2.05) is 52.4 Å². The van der Waals surface area contributed by atoms with Gasteiger partial charge in [-0.2, -0.15) is 0 Å². The van der Waals surface area contributed by atoms with Crippen molar-refractivity contribution in [1.29, 1.82) is 0 Å². The number of ether oxygens (including phenoxy) is 1. The molecule has 3 atom stereocenters. The topological polar surface area (TPSA) is 45.7 Å². The van der Waals surface area contributed by atoms with Gasteiger partial charge in [0.25, 0.3) is 0 Å². The van der Waals surface area contributed by atoms with E-state index in [9.17, 15) is 4.39 Å². The first kappa shape index (κ1) is 26.2. The highest BCUT2D eigenvalue weighted by molar-refractivity contribution is 5.84. The average molecular weight is 468 g/mol. The zero-order chi connectivity index (χ0) is 24.8. The standard InChI is InChI=1S/C29H42FN3O/c1-18(2)25(30)17-34-27-12-11-23(15-20(27)5)21(6)33-16-24-26(31-7)13-14-32-29(24)28(19(3)4)22-9-8-10-22/h11-16,18-19,21,25-26,31-32H,8-10,17H2,1-7H3. The van der Waals surface area contributed by atoms with Gasteiger partial charge < -0.3 is 15.4 Å². The minimum absolute atomic E-state index is 0.00615. The molecule has 34 heavy (non-hydrogen) atoms. The van der Waals surface area contributed by atoms with Crippen LogP contribution in [-0.4, -0.2) is 32.1 Å². The lowest BCUT2D eigenvalue weighted by molar-refractivity contribution is 0.155. The first-order valence-corrected chi connectivity index (χ1v) is 12.7. The summed E-state index contributed by atoms with van der Waals surface area (Å²) in [5.41, 5.74) is 7.51. The number of aryl methyl sites for hydroxylation is 1. The summed E-state index contributed by atoms with van der Waals surface area (Å²) >= 11 is 0. The maximum absolute atomic E-state index is 13.9. The summed E-state index contributed by atoms with van der Waals surface area (Å²) in [6.07, 6.45) is 8.94. The van der Waals surface area contributed by atoms with Gasteiger partial charge in [-0.05, 0) is 87.0 Å². The lowest BCUT2D eigenvalue weighted by Crippen LogP contribution is -2.34. The van der Waals surface area contributed by atoms with E-state index >= 15 is 0 Å². The molecule has 1 heterocycles. The number of aliphatic imine (C=N–C) groups is 1. The van der Waals surface area contributed by atoms with Gasteiger partial charge >= 0.3 is 0 Å². The third-order valence-electron chi connectivity index (χ3n) is 6.88. The van der Waals surface area contributed by atoms with Gasteiger partial charge in [0.2, 0.25) is 0 Å². The van der Waals surface area contributed by atoms with Gasteiger partial charge in [-0.3, -0.25) is 4.99 Å². The van der Waals surface area contributed by atoms with Gasteiger partial charge in [0.05, 0.1) is 12.1 Å². The normalized spacial score (nSPS) is 20.1. The number of benzene rings is 1. The minimum atomic E-state index is -0.964. The van der Waals surface area contributed by atoms with Crippen molar-refractivity contribution in [3.05, 3.63) is 64.0 Å². The van der Waals surface area contributed by atoms with Crippen LogP contribution in [0.5, 0.6) is 5.75 Å². The molecule has 0 saturated heterocycles. The highest BCUT2D eigenvalue weighted by Gasteiger charge is 2.25. The molecule has 4 nitrogen and oxygen atoms in total. The Hall–Kier alpha value is -2.40. The zero-order valence-corrected chi connectivity index (χ0v) is 21.9. The van der Waals surface area contributed by atoms with Crippen LogP contribution >= 0.6 is 0 Å². The van der Waals surface area contributed by atoms with E-state index in [1.54, 1.807) is 5.57 Å². The van der Waals surface area contributed by atoms with Crippen molar-refractivity contribution in [2.75, 3.05) is 13.7 Å². The van der Waals surface area contributed by atoms with Crippen LogP contribution in [0.1, 0.15) is 71.0 Å². The Bertz CT molecular complexity index is 968. The number of nitrogens with zero attached hydrogens (tertiary/aromatic N) is 1. The molecule has 1 fully saturated rings. The van der Waals surface area contributed by atoms with Gasteiger partial charge in [0, 0.05) is 17.5 Å². The Labute approximate surface area is 205 Å². The zero-order valence-electron chi connectivity index (χ0n) is 21.9.